The molecule has 0 aromatic heterocycles. The molecule has 2 aromatic carbocycles. The first-order valence-electron chi connectivity index (χ1n) is 11.7. The summed E-state index contributed by atoms with van der Waals surface area (Å²) in [5, 5.41) is 0. The molecule has 0 radical (unpaired) electrons. The number of hydrogen-bond donors (Lipinski definition) is 0. The van der Waals surface area contributed by atoms with E-state index < -0.39 is 0 Å². The monoisotopic (exact) mass is 403 g/mol. The summed E-state index contributed by atoms with van der Waals surface area (Å²) in [5.74, 6) is 0. The van der Waals surface area contributed by atoms with Gasteiger partial charge in [-0.25, -0.2) is 0 Å². The Morgan fingerprint density at radius 1 is 0.933 bits per heavy atom. The highest BCUT2D eigenvalue weighted by molar-refractivity contribution is 5.80. The Morgan fingerprint density at radius 3 is 1.93 bits per heavy atom. The Labute approximate surface area is 185 Å². The molecule has 0 spiro atoms. The first-order chi connectivity index (χ1) is 14.0. The second-order valence-corrected chi connectivity index (χ2v) is 10.5. The van der Waals surface area contributed by atoms with Crippen molar-refractivity contribution in [3.63, 3.8) is 0 Å². The lowest BCUT2D eigenvalue weighted by Gasteiger charge is -2.42. The molecule has 30 heavy (non-hydrogen) atoms. The summed E-state index contributed by atoms with van der Waals surface area (Å²) >= 11 is 0. The molecule has 2 aromatic rings. The average Bonchev–Trinajstić information content (AvgIpc) is 2.71. The summed E-state index contributed by atoms with van der Waals surface area (Å²) in [6.07, 6.45) is 2.48. The number of fused-ring (bicyclic) bond motifs is 1. The smallest absolute Gasteiger partial charge is 0.0319 e. The number of rotatable bonds is 6. The number of benzene rings is 2. The van der Waals surface area contributed by atoms with Crippen molar-refractivity contribution in [2.45, 2.75) is 85.1 Å². The van der Waals surface area contributed by atoms with Gasteiger partial charge in [0.15, 0.2) is 0 Å². The van der Waals surface area contributed by atoms with Gasteiger partial charge < -0.3 is 0 Å². The van der Waals surface area contributed by atoms with E-state index in [2.05, 4.69) is 103 Å². The molecule has 0 aliphatic heterocycles. The van der Waals surface area contributed by atoms with Gasteiger partial charge in [-0.1, -0.05) is 84.5 Å². The van der Waals surface area contributed by atoms with Crippen LogP contribution in [-0.2, 0) is 10.8 Å². The first kappa shape index (κ1) is 22.8. The molecule has 0 saturated heterocycles. The number of aryl methyl sites for hydroxylation is 1. The van der Waals surface area contributed by atoms with Crippen LogP contribution < -0.4 is 0 Å². The maximum atomic E-state index is 4.52. The quantitative estimate of drug-likeness (QED) is 0.475. The van der Waals surface area contributed by atoms with Crippen LogP contribution in [-0.4, -0.2) is 18.0 Å². The maximum absolute atomic E-state index is 4.52. The Morgan fingerprint density at radius 2 is 1.43 bits per heavy atom. The number of hydrogen-bond acceptors (Lipinski definition) is 1. The molecule has 1 unspecified atom stereocenters. The highest BCUT2D eigenvalue weighted by Crippen LogP contribution is 2.47. The van der Waals surface area contributed by atoms with Crippen LogP contribution in [0.25, 0.3) is 5.57 Å². The molecule has 1 heteroatoms. The van der Waals surface area contributed by atoms with Crippen LogP contribution in [0.15, 0.2) is 43.0 Å². The Kier molecular flexibility index (Phi) is 6.35. The fourth-order valence-corrected chi connectivity index (χ4v) is 5.15. The molecule has 0 amide bonds. The van der Waals surface area contributed by atoms with Gasteiger partial charge in [0.1, 0.15) is 0 Å². The van der Waals surface area contributed by atoms with Gasteiger partial charge >= 0.3 is 0 Å². The second kappa shape index (κ2) is 8.35. The van der Waals surface area contributed by atoms with E-state index in [1.165, 1.54) is 46.2 Å². The summed E-state index contributed by atoms with van der Waals surface area (Å²) < 4.78 is 0. The van der Waals surface area contributed by atoms with Crippen molar-refractivity contribution in [2.24, 2.45) is 0 Å². The Hall–Kier alpha value is -1.86. The molecule has 162 valence electrons. The van der Waals surface area contributed by atoms with E-state index in [1.807, 2.05) is 0 Å². The molecule has 0 saturated carbocycles. The molecule has 1 atom stereocenters. The molecule has 1 aliphatic rings. The summed E-state index contributed by atoms with van der Waals surface area (Å²) in [6, 6.07) is 14.4. The summed E-state index contributed by atoms with van der Waals surface area (Å²) in [4.78, 5) is 2.49. The van der Waals surface area contributed by atoms with Gasteiger partial charge in [-0.15, -0.1) is 0 Å². The Balaban J connectivity index is 1.96. The molecule has 0 heterocycles. The summed E-state index contributed by atoms with van der Waals surface area (Å²) in [5.41, 5.74) is 9.87. The second-order valence-electron chi connectivity index (χ2n) is 10.5. The SMILES string of the molecule is C=C(c1ccc(C(C)N(CC)CC)cc1)c1cc2c(cc1C)C(C)(C)CCC2(C)C. The van der Waals surface area contributed by atoms with Crippen LogP contribution >= 0.6 is 0 Å². The zero-order valence-corrected chi connectivity index (χ0v) is 20.5. The van der Waals surface area contributed by atoms with Crippen molar-refractivity contribution >= 4 is 5.57 Å². The van der Waals surface area contributed by atoms with E-state index in [-0.39, 0.29) is 10.8 Å². The molecular formula is C29H41N. The first-order valence-corrected chi connectivity index (χ1v) is 11.7. The third-order valence-corrected chi connectivity index (χ3v) is 7.62. The lowest BCUT2D eigenvalue weighted by atomic mass is 9.62. The molecule has 0 N–H and O–H groups in total. The Bertz CT molecular complexity index is 910. The third kappa shape index (κ3) is 4.14. The lowest BCUT2D eigenvalue weighted by Crippen LogP contribution is -2.34. The minimum atomic E-state index is 0.219. The van der Waals surface area contributed by atoms with Crippen molar-refractivity contribution < 1.29 is 0 Å². The predicted molar refractivity (Wildman–Crippen MR) is 132 cm³/mol. The average molecular weight is 404 g/mol. The molecule has 0 bridgehead atoms. The van der Waals surface area contributed by atoms with Crippen LogP contribution in [0.5, 0.6) is 0 Å². The fourth-order valence-electron chi connectivity index (χ4n) is 5.15. The van der Waals surface area contributed by atoms with Crippen molar-refractivity contribution in [3.05, 3.63) is 76.4 Å². The largest absolute Gasteiger partial charge is 0.297 e. The van der Waals surface area contributed by atoms with Gasteiger partial charge in [-0.3, -0.25) is 4.90 Å². The number of nitrogens with zero attached hydrogens (tertiary/aromatic N) is 1. The van der Waals surface area contributed by atoms with Gasteiger partial charge in [-0.05, 0) is 89.6 Å². The molecule has 3 rings (SSSR count). The van der Waals surface area contributed by atoms with E-state index in [1.54, 1.807) is 0 Å². The van der Waals surface area contributed by atoms with E-state index in [0.29, 0.717) is 6.04 Å². The van der Waals surface area contributed by atoms with Crippen LogP contribution in [0.1, 0.15) is 101 Å². The van der Waals surface area contributed by atoms with E-state index in [0.717, 1.165) is 18.7 Å². The minimum absolute atomic E-state index is 0.219. The van der Waals surface area contributed by atoms with Gasteiger partial charge in [-0.2, -0.15) is 0 Å². The third-order valence-electron chi connectivity index (χ3n) is 7.62. The standard InChI is InChI=1S/C29H41N/c1-10-30(11-2)22(5)24-14-12-23(13-15-24)21(4)25-19-27-26(18-20(25)3)28(6,7)16-17-29(27,8)9/h12-15,18-19,22H,4,10-11,16-17H2,1-3,5-9H3. The lowest BCUT2D eigenvalue weighted by molar-refractivity contribution is 0.234. The zero-order valence-electron chi connectivity index (χ0n) is 20.5. The van der Waals surface area contributed by atoms with Crippen molar-refractivity contribution in [1.82, 2.24) is 4.90 Å². The van der Waals surface area contributed by atoms with Crippen molar-refractivity contribution in [1.29, 1.82) is 0 Å². The topological polar surface area (TPSA) is 3.24 Å². The van der Waals surface area contributed by atoms with Gasteiger partial charge in [0.2, 0.25) is 0 Å². The van der Waals surface area contributed by atoms with Crippen LogP contribution in [0, 0.1) is 6.92 Å². The van der Waals surface area contributed by atoms with Crippen molar-refractivity contribution in [2.75, 3.05) is 13.1 Å². The highest BCUT2D eigenvalue weighted by Gasteiger charge is 2.37. The van der Waals surface area contributed by atoms with Gasteiger partial charge in [0.25, 0.3) is 0 Å². The highest BCUT2D eigenvalue weighted by atomic mass is 15.1. The maximum Gasteiger partial charge on any atom is 0.0319 e. The van der Waals surface area contributed by atoms with E-state index >= 15 is 0 Å². The van der Waals surface area contributed by atoms with Crippen LogP contribution in [0.3, 0.4) is 0 Å². The van der Waals surface area contributed by atoms with Crippen molar-refractivity contribution in [3.8, 4) is 0 Å². The minimum Gasteiger partial charge on any atom is -0.297 e. The van der Waals surface area contributed by atoms with E-state index in [9.17, 15) is 0 Å². The van der Waals surface area contributed by atoms with Gasteiger partial charge in [0, 0.05) is 6.04 Å². The fraction of sp³-hybridized carbons (Fsp3) is 0.517. The normalized spacial score (nSPS) is 18.2. The molecular weight excluding hydrogens is 362 g/mol. The molecule has 1 aliphatic carbocycles. The summed E-state index contributed by atoms with van der Waals surface area (Å²) in [6.45, 7) is 25.3. The molecule has 1 nitrogen and oxygen atoms in total. The summed E-state index contributed by atoms with van der Waals surface area (Å²) in [7, 11) is 0. The van der Waals surface area contributed by atoms with Crippen LogP contribution in [0.2, 0.25) is 0 Å². The van der Waals surface area contributed by atoms with E-state index in [4.69, 9.17) is 0 Å². The van der Waals surface area contributed by atoms with Crippen LogP contribution in [0.4, 0.5) is 0 Å². The zero-order chi connectivity index (χ0) is 22.3. The predicted octanol–water partition coefficient (Wildman–Crippen LogP) is 7.81. The van der Waals surface area contributed by atoms with Gasteiger partial charge in [0.05, 0.1) is 0 Å². The molecule has 0 fully saturated rings.